The van der Waals surface area contributed by atoms with Gasteiger partial charge in [-0.3, -0.25) is 4.79 Å². The summed E-state index contributed by atoms with van der Waals surface area (Å²) in [6.45, 7) is 1.74. The number of nitrogens with one attached hydrogen (secondary N) is 1. The van der Waals surface area contributed by atoms with Crippen molar-refractivity contribution in [2.45, 2.75) is 51.0 Å². The normalized spacial score (nSPS) is 17.7. The molecule has 0 saturated carbocycles. The second-order valence-corrected chi connectivity index (χ2v) is 14.9. The first-order valence-electron chi connectivity index (χ1n) is 20.2. The van der Waals surface area contributed by atoms with Crippen molar-refractivity contribution in [2.24, 2.45) is 5.92 Å². The minimum atomic E-state index is -2.05. The molecule has 1 N–H and O–H groups in total. The maximum absolute atomic E-state index is 14.6. The second kappa shape index (κ2) is 18.8. The summed E-state index contributed by atoms with van der Waals surface area (Å²) in [4.78, 5) is 45.3. The van der Waals surface area contributed by atoms with Gasteiger partial charge in [-0.05, 0) is 90.4 Å². The maximum atomic E-state index is 14.6. The summed E-state index contributed by atoms with van der Waals surface area (Å²) in [6.07, 6.45) is 1.90. The molecule has 0 aromatic heterocycles. The molecule has 3 aliphatic heterocycles. The van der Waals surface area contributed by atoms with E-state index in [1.54, 1.807) is 72.8 Å². The van der Waals surface area contributed by atoms with E-state index in [1.165, 1.54) is 0 Å². The lowest BCUT2D eigenvalue weighted by Crippen LogP contribution is -2.65. The number of fused-ring (bicyclic) bond motifs is 4. The lowest BCUT2D eigenvalue weighted by atomic mass is 9.93. The number of rotatable bonds is 15. The van der Waals surface area contributed by atoms with Gasteiger partial charge >= 0.3 is 17.8 Å². The van der Waals surface area contributed by atoms with E-state index in [0.717, 1.165) is 29.5 Å². The van der Waals surface area contributed by atoms with Gasteiger partial charge in [-0.25, -0.2) is 14.5 Å². The van der Waals surface area contributed by atoms with Crippen LogP contribution in [0.5, 0.6) is 17.2 Å². The van der Waals surface area contributed by atoms with Crippen molar-refractivity contribution in [2.75, 3.05) is 13.1 Å². The van der Waals surface area contributed by atoms with E-state index in [2.05, 4.69) is 5.32 Å². The van der Waals surface area contributed by atoms with Crippen LogP contribution in [-0.2, 0) is 29.3 Å². The van der Waals surface area contributed by atoms with Crippen LogP contribution in [0.2, 0.25) is 0 Å². The highest BCUT2D eigenvalue weighted by atomic mass is 16.8. The molecular weight excluding hydrogens is 757 g/mol. The number of hydrogen-bond donors (Lipinski definition) is 1. The van der Waals surface area contributed by atoms with Gasteiger partial charge in [0, 0.05) is 18.7 Å². The summed E-state index contributed by atoms with van der Waals surface area (Å²) in [7, 11) is 0. The molecule has 3 saturated heterocycles. The van der Waals surface area contributed by atoms with E-state index in [9.17, 15) is 14.4 Å². The van der Waals surface area contributed by atoms with E-state index < -0.39 is 29.8 Å². The largest absolute Gasteiger partial charge is 0.489 e. The van der Waals surface area contributed by atoms with Gasteiger partial charge in [-0.15, -0.1) is 0 Å². The molecule has 2 bridgehead atoms. The SMILES string of the molecule is O=C(NC1CC2CCN(CC2)C1(OC(=O)c1ccccc1OCc1ccccc1)OC(=O)c1ccccc1OCc1ccccc1)c1ccc(OCc2ccccc2)cc1. The minimum Gasteiger partial charge on any atom is -0.489 e. The summed E-state index contributed by atoms with van der Waals surface area (Å²) < 4.78 is 31.4. The molecule has 3 fully saturated rings. The Morgan fingerprint density at radius 3 is 1.45 bits per heavy atom. The molecule has 0 radical (unpaired) electrons. The van der Waals surface area contributed by atoms with Crippen LogP contribution in [0.25, 0.3) is 0 Å². The Labute approximate surface area is 349 Å². The molecule has 6 aromatic rings. The molecule has 6 aromatic carbocycles. The lowest BCUT2D eigenvalue weighted by molar-refractivity contribution is -0.270. The van der Waals surface area contributed by atoms with E-state index in [-0.39, 0.29) is 30.3 Å². The molecule has 1 atom stereocenters. The zero-order valence-corrected chi connectivity index (χ0v) is 33.1. The number of esters is 2. The van der Waals surface area contributed by atoms with Crippen LogP contribution >= 0.6 is 0 Å². The molecule has 0 spiro atoms. The van der Waals surface area contributed by atoms with Gasteiger partial charge in [-0.2, -0.15) is 0 Å². The Hall–Kier alpha value is -6.91. The Balaban J connectivity index is 1.10. The molecule has 3 aliphatic rings. The van der Waals surface area contributed by atoms with Crippen LogP contribution < -0.4 is 19.5 Å². The fourth-order valence-corrected chi connectivity index (χ4v) is 7.68. The van der Waals surface area contributed by atoms with Crippen LogP contribution in [0.3, 0.4) is 0 Å². The van der Waals surface area contributed by atoms with Crippen molar-refractivity contribution in [3.8, 4) is 17.2 Å². The molecule has 9 rings (SSSR count). The number of hydrogen-bond acceptors (Lipinski definition) is 9. The Morgan fingerprint density at radius 1 is 0.533 bits per heavy atom. The van der Waals surface area contributed by atoms with Crippen molar-refractivity contribution < 1.29 is 38.1 Å². The highest BCUT2D eigenvalue weighted by Gasteiger charge is 2.57. The smallest absolute Gasteiger partial charge is 0.346 e. The van der Waals surface area contributed by atoms with Crippen molar-refractivity contribution in [3.63, 3.8) is 0 Å². The molecule has 3 heterocycles. The van der Waals surface area contributed by atoms with Gasteiger partial charge < -0.3 is 29.0 Å². The summed E-state index contributed by atoms with van der Waals surface area (Å²) in [5.74, 6) is -2.64. The van der Waals surface area contributed by atoms with Crippen LogP contribution in [0, 0.1) is 5.92 Å². The summed E-state index contributed by atoms with van der Waals surface area (Å²) >= 11 is 0. The van der Waals surface area contributed by atoms with E-state index in [4.69, 9.17) is 23.7 Å². The van der Waals surface area contributed by atoms with Gasteiger partial charge in [0.1, 0.15) is 54.2 Å². The Kier molecular flexibility index (Phi) is 12.5. The van der Waals surface area contributed by atoms with Gasteiger partial charge in [0.15, 0.2) is 0 Å². The van der Waals surface area contributed by atoms with Crippen LogP contribution in [0.15, 0.2) is 164 Å². The van der Waals surface area contributed by atoms with Crippen molar-refractivity contribution in [1.82, 2.24) is 10.2 Å². The van der Waals surface area contributed by atoms with Crippen molar-refractivity contribution >= 4 is 17.8 Å². The van der Waals surface area contributed by atoms with Crippen LogP contribution in [0.1, 0.15) is 67.0 Å². The van der Waals surface area contributed by atoms with Crippen LogP contribution in [-0.4, -0.2) is 47.8 Å². The predicted molar refractivity (Wildman–Crippen MR) is 225 cm³/mol. The minimum absolute atomic E-state index is 0.145. The molecule has 1 amide bonds. The Morgan fingerprint density at radius 2 is 0.967 bits per heavy atom. The average molecular weight is 803 g/mol. The third-order valence-electron chi connectivity index (χ3n) is 10.9. The molecule has 10 heteroatoms. The standard InChI is InChI=1S/C50H46N2O8/c53-47(40-24-26-41(27-25-40)56-33-37-14-4-1-5-15-37)51-46-32-36-28-30-52(31-29-36)50(46,59-48(54)42-20-10-12-22-44(42)57-34-38-16-6-2-7-17-38)60-49(55)43-21-11-13-23-45(43)58-35-39-18-8-3-9-19-39/h1-27,36,46H,28-35H2,(H,51,53). The highest BCUT2D eigenvalue weighted by Crippen LogP contribution is 2.41. The number of para-hydroxylation sites is 2. The third-order valence-corrected chi connectivity index (χ3v) is 10.9. The van der Waals surface area contributed by atoms with E-state index >= 15 is 0 Å². The average Bonchev–Trinajstić information content (AvgIpc) is 3.52. The number of piperidine rings is 1. The summed E-state index contributed by atoms with van der Waals surface area (Å²) in [5, 5.41) is 3.14. The summed E-state index contributed by atoms with van der Waals surface area (Å²) in [6, 6.07) is 48.6. The second-order valence-electron chi connectivity index (χ2n) is 14.9. The zero-order valence-electron chi connectivity index (χ0n) is 33.1. The number of ether oxygens (including phenoxy) is 5. The predicted octanol–water partition coefficient (Wildman–Crippen LogP) is 9.01. The van der Waals surface area contributed by atoms with Gasteiger partial charge in [0.05, 0.1) is 0 Å². The number of carbonyl (C=O) groups is 3. The lowest BCUT2D eigenvalue weighted by Gasteiger charge is -2.44. The summed E-state index contributed by atoms with van der Waals surface area (Å²) in [5.41, 5.74) is 3.51. The third kappa shape index (κ3) is 9.51. The first-order valence-corrected chi connectivity index (χ1v) is 20.2. The van der Waals surface area contributed by atoms with Crippen molar-refractivity contribution in [1.29, 1.82) is 0 Å². The number of amides is 1. The van der Waals surface area contributed by atoms with E-state index in [1.807, 2.05) is 95.9 Å². The quantitative estimate of drug-likeness (QED) is 0.0803. The first kappa shape index (κ1) is 39.9. The molecule has 60 heavy (non-hydrogen) atoms. The first-order chi connectivity index (χ1) is 29.4. The highest BCUT2D eigenvalue weighted by molar-refractivity contribution is 5.96. The fraction of sp³-hybridized carbons (Fsp3) is 0.220. The molecule has 0 aliphatic carbocycles. The molecule has 10 nitrogen and oxygen atoms in total. The fourth-order valence-electron chi connectivity index (χ4n) is 7.68. The topological polar surface area (TPSA) is 113 Å². The van der Waals surface area contributed by atoms with Crippen molar-refractivity contribution in [3.05, 3.63) is 197 Å². The number of benzene rings is 6. The number of carbonyl (C=O) groups excluding carboxylic acids is 3. The number of nitrogens with zero attached hydrogens (tertiary/aromatic N) is 1. The Bertz CT molecular complexity index is 2260. The molecule has 1 unspecified atom stereocenters. The van der Waals surface area contributed by atoms with Crippen LogP contribution in [0.4, 0.5) is 0 Å². The van der Waals surface area contributed by atoms with Gasteiger partial charge in [0.2, 0.25) is 0 Å². The van der Waals surface area contributed by atoms with Gasteiger partial charge in [0.25, 0.3) is 5.91 Å². The van der Waals surface area contributed by atoms with E-state index in [0.29, 0.717) is 48.9 Å². The molecule has 304 valence electrons. The maximum Gasteiger partial charge on any atom is 0.346 e. The monoisotopic (exact) mass is 802 g/mol. The zero-order chi connectivity index (χ0) is 41.2. The molecular formula is C50H46N2O8. The van der Waals surface area contributed by atoms with Gasteiger partial charge in [-0.1, -0.05) is 115 Å².